The average Bonchev–Trinajstić information content (AvgIpc) is 2.90. The van der Waals surface area contributed by atoms with Crippen molar-refractivity contribution in [1.82, 2.24) is 24.4 Å². The van der Waals surface area contributed by atoms with Crippen molar-refractivity contribution in [2.24, 2.45) is 0 Å². The summed E-state index contributed by atoms with van der Waals surface area (Å²) in [6, 6.07) is 7.16. The van der Waals surface area contributed by atoms with Crippen LogP contribution in [0.4, 0.5) is 5.69 Å². The molecule has 2 N–H and O–H groups in total. The molecule has 0 atom stereocenters. The first-order valence-electron chi connectivity index (χ1n) is 8.83. The Balaban J connectivity index is 1.89. The highest BCUT2D eigenvalue weighted by Crippen LogP contribution is 2.23. The molecule has 0 aliphatic rings. The van der Waals surface area contributed by atoms with E-state index in [-0.39, 0.29) is 28.6 Å². The smallest absolute Gasteiger partial charge is 0.274 e. The number of hydrogen-bond donors (Lipinski definition) is 2. The van der Waals surface area contributed by atoms with E-state index in [4.69, 9.17) is 17.0 Å². The maximum Gasteiger partial charge on any atom is 0.274 e. The van der Waals surface area contributed by atoms with E-state index in [1.807, 2.05) is 33.8 Å². The third kappa shape index (κ3) is 3.96. The third-order valence-electron chi connectivity index (χ3n) is 3.92. The second-order valence-corrected chi connectivity index (χ2v) is 7.57. The van der Waals surface area contributed by atoms with Crippen LogP contribution in [-0.2, 0) is 16.8 Å². The van der Waals surface area contributed by atoms with Gasteiger partial charge >= 0.3 is 0 Å². The van der Waals surface area contributed by atoms with E-state index in [9.17, 15) is 9.59 Å². The summed E-state index contributed by atoms with van der Waals surface area (Å²) in [6.45, 7) is 7.87. The van der Waals surface area contributed by atoms with Gasteiger partial charge in [0.25, 0.3) is 11.3 Å². The highest BCUT2D eigenvalue weighted by molar-refractivity contribution is 7.71. The Hall–Kier alpha value is -3.01. The predicted molar refractivity (Wildman–Crippen MR) is 107 cm³/mol. The minimum absolute atomic E-state index is 0.129. The molecule has 28 heavy (non-hydrogen) atoms. The zero-order valence-electron chi connectivity index (χ0n) is 16.1. The summed E-state index contributed by atoms with van der Waals surface area (Å²) in [5.74, 6) is 0.438. The van der Waals surface area contributed by atoms with Crippen LogP contribution in [0.15, 0.2) is 29.1 Å². The molecule has 1 aromatic carbocycles. The Kier molecular flexibility index (Phi) is 5.32. The van der Waals surface area contributed by atoms with Gasteiger partial charge in [0.05, 0.1) is 12.3 Å². The lowest BCUT2D eigenvalue weighted by molar-refractivity contribution is -0.116. The highest BCUT2D eigenvalue weighted by atomic mass is 32.1. The number of hydrogen-bond acceptors (Lipinski definition) is 6. The fourth-order valence-electron chi connectivity index (χ4n) is 2.64. The summed E-state index contributed by atoms with van der Waals surface area (Å²) >= 11 is 5.38. The molecule has 9 nitrogen and oxygen atoms in total. The molecule has 3 rings (SSSR count). The van der Waals surface area contributed by atoms with Crippen LogP contribution in [0, 0.1) is 4.77 Å². The standard InChI is InChI=1S/C18H22N6O3S/c1-5-27-12-9-7-6-8-11(12)19-13(25)10-23-17(28)24-16(22-23)20-15(26)14(21-24)18(2,3)4/h6-9H,5,10H2,1-4H3,(H,19,25)(H,20,22,26). The van der Waals surface area contributed by atoms with Crippen LogP contribution in [0.5, 0.6) is 5.75 Å². The van der Waals surface area contributed by atoms with Gasteiger partial charge < -0.3 is 10.1 Å². The number of H-pyrrole nitrogens is 1. The molecule has 2 aromatic heterocycles. The number of aromatic amines is 1. The number of amides is 1. The largest absolute Gasteiger partial charge is 0.492 e. The van der Waals surface area contributed by atoms with E-state index in [0.29, 0.717) is 23.7 Å². The zero-order valence-corrected chi connectivity index (χ0v) is 17.0. The van der Waals surface area contributed by atoms with Crippen LogP contribution in [0.1, 0.15) is 33.4 Å². The van der Waals surface area contributed by atoms with Gasteiger partial charge in [-0.25, -0.2) is 4.68 Å². The van der Waals surface area contributed by atoms with Gasteiger partial charge in [-0.2, -0.15) is 9.61 Å². The third-order valence-corrected chi connectivity index (χ3v) is 4.31. The minimum Gasteiger partial charge on any atom is -0.492 e. The molecule has 10 heteroatoms. The Labute approximate surface area is 166 Å². The van der Waals surface area contributed by atoms with Gasteiger partial charge in [-0.05, 0) is 31.3 Å². The first kappa shape index (κ1) is 19.7. The fourth-order valence-corrected chi connectivity index (χ4v) is 2.88. The molecule has 0 bridgehead atoms. The van der Waals surface area contributed by atoms with E-state index in [1.54, 1.807) is 18.2 Å². The lowest BCUT2D eigenvalue weighted by Crippen LogP contribution is -2.28. The number of aromatic nitrogens is 5. The maximum absolute atomic E-state index is 12.5. The van der Waals surface area contributed by atoms with E-state index in [0.717, 1.165) is 0 Å². The van der Waals surface area contributed by atoms with Crippen molar-refractivity contribution >= 4 is 29.6 Å². The second-order valence-electron chi connectivity index (χ2n) is 7.21. The van der Waals surface area contributed by atoms with Crippen molar-refractivity contribution in [3.05, 3.63) is 45.1 Å². The van der Waals surface area contributed by atoms with Crippen molar-refractivity contribution in [1.29, 1.82) is 0 Å². The Bertz CT molecular complexity index is 1140. The Morgan fingerprint density at radius 1 is 1.29 bits per heavy atom. The number of benzene rings is 1. The number of carbonyl (C=O) groups is 1. The summed E-state index contributed by atoms with van der Waals surface area (Å²) in [4.78, 5) is 27.4. The Morgan fingerprint density at radius 2 is 2.00 bits per heavy atom. The minimum atomic E-state index is -0.459. The lowest BCUT2D eigenvalue weighted by Gasteiger charge is -2.15. The van der Waals surface area contributed by atoms with Crippen LogP contribution in [0.2, 0.25) is 0 Å². The number of rotatable bonds is 5. The SMILES string of the molecule is CCOc1ccccc1NC(=O)Cn1nc2[nH]c(=O)c(C(C)(C)C)nn2c1=S. The predicted octanol–water partition coefficient (Wildman–Crippen LogP) is 2.28. The molecule has 3 aromatic rings. The first-order chi connectivity index (χ1) is 13.2. The fraction of sp³-hybridized carbons (Fsp3) is 0.389. The van der Waals surface area contributed by atoms with Gasteiger partial charge in [0.15, 0.2) is 0 Å². The van der Waals surface area contributed by atoms with Crippen LogP contribution in [-0.4, -0.2) is 36.9 Å². The van der Waals surface area contributed by atoms with Gasteiger partial charge in [0, 0.05) is 5.41 Å². The van der Waals surface area contributed by atoms with Crippen molar-refractivity contribution in [2.75, 3.05) is 11.9 Å². The molecule has 0 spiro atoms. The van der Waals surface area contributed by atoms with Crippen molar-refractivity contribution in [3.8, 4) is 5.75 Å². The van der Waals surface area contributed by atoms with Crippen LogP contribution < -0.4 is 15.6 Å². The summed E-state index contributed by atoms with van der Waals surface area (Å²) in [6.07, 6.45) is 0. The first-order valence-corrected chi connectivity index (χ1v) is 9.24. The van der Waals surface area contributed by atoms with Crippen molar-refractivity contribution < 1.29 is 9.53 Å². The van der Waals surface area contributed by atoms with E-state index < -0.39 is 5.41 Å². The number of nitrogens with zero attached hydrogens (tertiary/aromatic N) is 4. The number of nitrogens with one attached hydrogen (secondary N) is 2. The quantitative estimate of drug-likeness (QED) is 0.634. The summed E-state index contributed by atoms with van der Waals surface area (Å²) in [5, 5.41) is 11.3. The molecule has 0 aliphatic heterocycles. The van der Waals surface area contributed by atoms with E-state index in [2.05, 4.69) is 20.5 Å². The molecule has 0 saturated carbocycles. The normalized spacial score (nSPS) is 11.6. The van der Waals surface area contributed by atoms with Gasteiger partial charge in [-0.3, -0.25) is 14.6 Å². The Morgan fingerprint density at radius 3 is 2.68 bits per heavy atom. The van der Waals surface area contributed by atoms with Crippen LogP contribution in [0.3, 0.4) is 0 Å². The molecule has 0 unspecified atom stereocenters. The number of para-hydroxylation sites is 2. The summed E-state index contributed by atoms with van der Waals surface area (Å²) < 4.78 is 8.40. The molecule has 0 saturated heterocycles. The summed E-state index contributed by atoms with van der Waals surface area (Å²) in [5.41, 5.74) is 0.109. The lowest BCUT2D eigenvalue weighted by atomic mass is 9.93. The molecule has 1 amide bonds. The molecular formula is C18H22N6O3S. The molecule has 148 valence electrons. The zero-order chi connectivity index (χ0) is 20.5. The van der Waals surface area contributed by atoms with Gasteiger partial charge in [-0.15, -0.1) is 5.10 Å². The second kappa shape index (κ2) is 7.55. The number of anilines is 1. The van der Waals surface area contributed by atoms with Crippen LogP contribution >= 0.6 is 12.2 Å². The number of fused-ring (bicyclic) bond motifs is 1. The van der Waals surface area contributed by atoms with E-state index in [1.165, 1.54) is 9.20 Å². The van der Waals surface area contributed by atoms with Crippen molar-refractivity contribution in [3.63, 3.8) is 0 Å². The van der Waals surface area contributed by atoms with Gasteiger partial charge in [0.2, 0.25) is 10.7 Å². The highest BCUT2D eigenvalue weighted by Gasteiger charge is 2.22. The topological polar surface area (TPSA) is 106 Å². The summed E-state index contributed by atoms with van der Waals surface area (Å²) in [7, 11) is 0. The monoisotopic (exact) mass is 402 g/mol. The van der Waals surface area contributed by atoms with Gasteiger partial charge in [0.1, 0.15) is 18.0 Å². The van der Waals surface area contributed by atoms with Crippen LogP contribution in [0.25, 0.3) is 5.78 Å². The average molecular weight is 402 g/mol. The van der Waals surface area contributed by atoms with Crippen molar-refractivity contribution in [2.45, 2.75) is 39.7 Å². The number of ether oxygens (including phenoxy) is 1. The van der Waals surface area contributed by atoms with E-state index >= 15 is 0 Å². The van der Waals surface area contributed by atoms with Gasteiger partial charge in [-0.1, -0.05) is 32.9 Å². The molecule has 0 aliphatic carbocycles. The molecular weight excluding hydrogens is 380 g/mol. The molecule has 0 radical (unpaired) electrons. The number of carbonyl (C=O) groups excluding carboxylic acids is 1. The molecule has 0 fully saturated rings. The molecule has 2 heterocycles. The maximum atomic E-state index is 12.5.